The van der Waals surface area contributed by atoms with Crippen LogP contribution < -0.4 is 5.73 Å². The van der Waals surface area contributed by atoms with Crippen molar-refractivity contribution in [1.29, 1.82) is 0 Å². The van der Waals surface area contributed by atoms with Gasteiger partial charge in [0.25, 0.3) is 5.95 Å². The fraction of sp³-hybridized carbons (Fsp3) is 0.222. The van der Waals surface area contributed by atoms with Crippen LogP contribution in [0, 0.1) is 13.8 Å². The van der Waals surface area contributed by atoms with Crippen LogP contribution in [0.25, 0.3) is 5.95 Å². The molecule has 0 fully saturated rings. The van der Waals surface area contributed by atoms with Crippen molar-refractivity contribution in [3.05, 3.63) is 29.6 Å². The molecule has 0 spiro atoms. The average Bonchev–Trinajstić information content (AvgIpc) is 2.76. The first kappa shape index (κ1) is 11.0. The minimum absolute atomic E-state index is 0.121. The maximum Gasteiger partial charge on any atom is 0.252 e. The molecule has 0 aliphatic heterocycles. The van der Waals surface area contributed by atoms with Crippen LogP contribution in [0.2, 0.25) is 0 Å². The van der Waals surface area contributed by atoms with Crippen LogP contribution in [-0.4, -0.2) is 35.8 Å². The van der Waals surface area contributed by atoms with E-state index in [1.807, 2.05) is 19.9 Å². The van der Waals surface area contributed by atoms with Gasteiger partial charge < -0.3 is 10.9 Å². The summed E-state index contributed by atoms with van der Waals surface area (Å²) in [6, 6.07) is 1.85. The van der Waals surface area contributed by atoms with Crippen molar-refractivity contribution in [2.24, 2.45) is 10.9 Å². The van der Waals surface area contributed by atoms with Crippen LogP contribution in [0.1, 0.15) is 17.2 Å². The smallest absolute Gasteiger partial charge is 0.252 e. The molecular formula is C9H11N7O. The lowest BCUT2D eigenvalue weighted by molar-refractivity contribution is 0.318. The average molecular weight is 233 g/mol. The van der Waals surface area contributed by atoms with Gasteiger partial charge in [0, 0.05) is 11.4 Å². The zero-order valence-corrected chi connectivity index (χ0v) is 9.36. The predicted molar refractivity (Wildman–Crippen MR) is 58.9 cm³/mol. The van der Waals surface area contributed by atoms with E-state index in [0.717, 1.165) is 11.4 Å². The van der Waals surface area contributed by atoms with E-state index < -0.39 is 0 Å². The summed E-state index contributed by atoms with van der Waals surface area (Å²) in [6.45, 7) is 3.72. The summed E-state index contributed by atoms with van der Waals surface area (Å²) in [4.78, 5) is 12.3. The van der Waals surface area contributed by atoms with Gasteiger partial charge in [0.1, 0.15) is 6.33 Å². The predicted octanol–water partition coefficient (Wildman–Crippen LogP) is -0.231. The molecule has 88 valence electrons. The summed E-state index contributed by atoms with van der Waals surface area (Å²) < 4.78 is 1.37. The summed E-state index contributed by atoms with van der Waals surface area (Å²) in [7, 11) is 0. The first-order chi connectivity index (χ1) is 8.10. The molecule has 0 atom stereocenters. The fourth-order valence-corrected chi connectivity index (χ4v) is 1.33. The molecule has 0 aliphatic rings. The summed E-state index contributed by atoms with van der Waals surface area (Å²) in [6.07, 6.45) is 1.40. The highest BCUT2D eigenvalue weighted by Crippen LogP contribution is 2.03. The van der Waals surface area contributed by atoms with E-state index >= 15 is 0 Å². The number of hydrogen-bond acceptors (Lipinski definition) is 6. The van der Waals surface area contributed by atoms with Crippen LogP contribution in [0.4, 0.5) is 0 Å². The van der Waals surface area contributed by atoms with Crippen LogP contribution in [0.5, 0.6) is 0 Å². The highest BCUT2D eigenvalue weighted by Gasteiger charge is 2.09. The molecule has 2 aromatic rings. The Bertz CT molecular complexity index is 554. The molecule has 0 unspecified atom stereocenters. The van der Waals surface area contributed by atoms with Crippen molar-refractivity contribution in [3.8, 4) is 5.95 Å². The van der Waals surface area contributed by atoms with E-state index in [4.69, 9.17) is 10.9 Å². The van der Waals surface area contributed by atoms with Crippen molar-refractivity contribution < 1.29 is 5.21 Å². The lowest BCUT2D eigenvalue weighted by atomic mass is 10.4. The maximum absolute atomic E-state index is 8.50. The van der Waals surface area contributed by atoms with Crippen molar-refractivity contribution in [1.82, 2.24) is 24.7 Å². The molecule has 3 N–H and O–H groups in total. The Hall–Kier alpha value is -2.51. The third kappa shape index (κ3) is 2.19. The number of hydrogen-bond donors (Lipinski definition) is 2. The summed E-state index contributed by atoms with van der Waals surface area (Å²) in [5.74, 6) is 0.357. The van der Waals surface area contributed by atoms with E-state index in [0.29, 0.717) is 5.95 Å². The van der Waals surface area contributed by atoms with Gasteiger partial charge >= 0.3 is 0 Å². The van der Waals surface area contributed by atoms with E-state index in [2.05, 4.69) is 25.2 Å². The van der Waals surface area contributed by atoms with Gasteiger partial charge in [-0.05, 0) is 19.9 Å². The number of nitrogens with zero attached hydrogens (tertiary/aromatic N) is 6. The minimum atomic E-state index is -0.159. The first-order valence-electron chi connectivity index (χ1n) is 4.82. The van der Waals surface area contributed by atoms with Crippen LogP contribution in [0.3, 0.4) is 0 Å². The Morgan fingerprint density at radius 1 is 1.35 bits per heavy atom. The van der Waals surface area contributed by atoms with E-state index in [9.17, 15) is 0 Å². The quantitative estimate of drug-likeness (QED) is 0.320. The summed E-state index contributed by atoms with van der Waals surface area (Å²) >= 11 is 0. The molecule has 2 aromatic heterocycles. The first-order valence-corrected chi connectivity index (χ1v) is 4.82. The third-order valence-electron chi connectivity index (χ3n) is 2.00. The normalized spacial score (nSPS) is 11.8. The molecular weight excluding hydrogens is 222 g/mol. The minimum Gasteiger partial charge on any atom is -0.409 e. The lowest BCUT2D eigenvalue weighted by Gasteiger charge is -2.01. The van der Waals surface area contributed by atoms with Gasteiger partial charge in [0.2, 0.25) is 11.7 Å². The fourth-order valence-electron chi connectivity index (χ4n) is 1.33. The number of nitrogens with two attached hydrogens (primary N) is 1. The van der Waals surface area contributed by atoms with Gasteiger partial charge in [0.15, 0.2) is 0 Å². The number of rotatable bonds is 2. The molecule has 0 radical (unpaired) electrons. The topological polar surface area (TPSA) is 115 Å². The zero-order valence-electron chi connectivity index (χ0n) is 9.36. The summed E-state index contributed by atoms with van der Waals surface area (Å²) in [5.41, 5.74) is 7.02. The van der Waals surface area contributed by atoms with Gasteiger partial charge in [-0.15, -0.1) is 5.10 Å². The SMILES string of the molecule is Cc1cc(C)nc(-n2cnc(C(N)=NO)n2)n1. The molecule has 17 heavy (non-hydrogen) atoms. The zero-order chi connectivity index (χ0) is 12.4. The number of oxime groups is 1. The van der Waals surface area contributed by atoms with E-state index in [1.165, 1.54) is 11.0 Å². The Balaban J connectivity index is 2.43. The second-order valence-corrected chi connectivity index (χ2v) is 3.45. The Morgan fingerprint density at radius 3 is 2.59 bits per heavy atom. The van der Waals surface area contributed by atoms with Crippen LogP contribution >= 0.6 is 0 Å². The molecule has 8 nitrogen and oxygen atoms in total. The lowest BCUT2D eigenvalue weighted by Crippen LogP contribution is -2.15. The number of amidine groups is 1. The number of aryl methyl sites for hydroxylation is 2. The molecule has 0 aromatic carbocycles. The molecule has 0 aliphatic carbocycles. The summed E-state index contributed by atoms with van der Waals surface area (Å²) in [5, 5.41) is 15.3. The molecule has 0 amide bonds. The Kier molecular flexibility index (Phi) is 2.69. The van der Waals surface area contributed by atoms with Crippen LogP contribution in [-0.2, 0) is 0 Å². The van der Waals surface area contributed by atoms with Gasteiger partial charge in [-0.1, -0.05) is 5.16 Å². The molecule has 2 heterocycles. The Labute approximate surface area is 96.8 Å². The highest BCUT2D eigenvalue weighted by atomic mass is 16.4. The monoisotopic (exact) mass is 233 g/mol. The molecule has 0 saturated heterocycles. The Morgan fingerprint density at radius 2 is 2.00 bits per heavy atom. The van der Waals surface area contributed by atoms with Gasteiger partial charge in [-0.25, -0.2) is 15.0 Å². The third-order valence-corrected chi connectivity index (χ3v) is 2.00. The van der Waals surface area contributed by atoms with Crippen molar-refractivity contribution >= 4 is 5.84 Å². The molecule has 8 heteroatoms. The molecule has 0 saturated carbocycles. The van der Waals surface area contributed by atoms with E-state index in [1.54, 1.807) is 0 Å². The van der Waals surface area contributed by atoms with E-state index in [-0.39, 0.29) is 11.7 Å². The van der Waals surface area contributed by atoms with Crippen molar-refractivity contribution in [2.45, 2.75) is 13.8 Å². The largest absolute Gasteiger partial charge is 0.409 e. The maximum atomic E-state index is 8.50. The van der Waals surface area contributed by atoms with Crippen LogP contribution in [0.15, 0.2) is 17.5 Å². The van der Waals surface area contributed by atoms with Gasteiger partial charge in [0.05, 0.1) is 0 Å². The molecule has 2 rings (SSSR count). The van der Waals surface area contributed by atoms with Crippen molar-refractivity contribution in [3.63, 3.8) is 0 Å². The highest BCUT2D eigenvalue weighted by molar-refractivity contribution is 5.93. The number of aromatic nitrogens is 5. The van der Waals surface area contributed by atoms with Gasteiger partial charge in [-0.3, -0.25) is 0 Å². The standard InChI is InChI=1S/C9H11N7O/c1-5-3-6(2)13-9(12-5)16-4-11-8(14-16)7(10)15-17/h3-4,17H,1-2H3,(H2,10,15). The van der Waals surface area contributed by atoms with Gasteiger partial charge in [-0.2, -0.15) is 4.68 Å². The second kappa shape index (κ2) is 4.16. The molecule has 0 bridgehead atoms. The van der Waals surface area contributed by atoms with Crippen molar-refractivity contribution in [2.75, 3.05) is 0 Å². The second-order valence-electron chi connectivity index (χ2n) is 3.45.